The van der Waals surface area contributed by atoms with Crippen LogP contribution >= 0.6 is 11.8 Å². The predicted octanol–water partition coefficient (Wildman–Crippen LogP) is 1.68. The van der Waals surface area contributed by atoms with E-state index >= 15 is 0 Å². The lowest BCUT2D eigenvalue weighted by molar-refractivity contribution is -0.139. The number of hydrogen-bond acceptors (Lipinski definition) is 5. The second kappa shape index (κ2) is 10.2. The van der Waals surface area contributed by atoms with E-state index in [0.29, 0.717) is 6.54 Å². The molecule has 7 heteroatoms. The third-order valence-electron chi connectivity index (χ3n) is 6.69. The fourth-order valence-electron chi connectivity index (χ4n) is 4.75. The molecule has 0 N–H and O–H groups in total. The largest absolute Gasteiger partial charge is 0.340 e. The third kappa shape index (κ3) is 5.18. The van der Waals surface area contributed by atoms with E-state index in [1.807, 2.05) is 21.6 Å². The molecule has 1 unspecified atom stereocenters. The van der Waals surface area contributed by atoms with Gasteiger partial charge in [-0.25, -0.2) is 0 Å². The molecule has 6 nitrogen and oxygen atoms in total. The molecule has 1 aromatic carbocycles. The Morgan fingerprint density at radius 2 is 1.70 bits per heavy atom. The monoisotopic (exact) mass is 430 g/mol. The van der Waals surface area contributed by atoms with E-state index in [0.717, 1.165) is 76.7 Å². The number of thioether (sulfide) groups is 1. The minimum Gasteiger partial charge on any atom is -0.340 e. The number of piperazine rings is 1. The van der Waals surface area contributed by atoms with Crippen molar-refractivity contribution in [2.75, 3.05) is 63.9 Å². The fraction of sp³-hybridized carbons (Fsp3) is 0.652. The van der Waals surface area contributed by atoms with Gasteiger partial charge in [-0.05, 0) is 37.4 Å². The van der Waals surface area contributed by atoms with Gasteiger partial charge >= 0.3 is 0 Å². The van der Waals surface area contributed by atoms with E-state index in [9.17, 15) is 9.59 Å². The maximum absolute atomic E-state index is 13.0. The molecule has 4 rings (SSSR count). The number of carbonyl (C=O) groups excluding carboxylic acids is 2. The van der Waals surface area contributed by atoms with E-state index in [4.69, 9.17) is 0 Å². The minimum absolute atomic E-state index is 0.0978. The zero-order valence-corrected chi connectivity index (χ0v) is 18.9. The van der Waals surface area contributed by atoms with Crippen LogP contribution in [0.3, 0.4) is 0 Å². The van der Waals surface area contributed by atoms with Gasteiger partial charge in [-0.15, -0.1) is 0 Å². The molecule has 1 atom stereocenters. The van der Waals surface area contributed by atoms with Gasteiger partial charge in [0.1, 0.15) is 0 Å². The highest BCUT2D eigenvalue weighted by atomic mass is 32.2. The Hall–Kier alpha value is -1.57. The highest BCUT2D eigenvalue weighted by Gasteiger charge is 2.36. The molecule has 0 spiro atoms. The number of rotatable bonds is 5. The van der Waals surface area contributed by atoms with Crippen LogP contribution in [0.5, 0.6) is 0 Å². The molecular formula is C23H34N4O2S. The first-order chi connectivity index (χ1) is 14.6. The molecular weight excluding hydrogens is 396 g/mol. The van der Waals surface area contributed by atoms with Crippen molar-refractivity contribution in [1.29, 1.82) is 0 Å². The molecule has 164 valence electrons. The van der Waals surface area contributed by atoms with Gasteiger partial charge in [0.2, 0.25) is 11.8 Å². The van der Waals surface area contributed by atoms with Crippen molar-refractivity contribution in [3.63, 3.8) is 0 Å². The van der Waals surface area contributed by atoms with E-state index in [2.05, 4.69) is 41.0 Å². The molecule has 0 radical (unpaired) electrons. The van der Waals surface area contributed by atoms with Crippen molar-refractivity contribution in [2.45, 2.75) is 32.4 Å². The van der Waals surface area contributed by atoms with Crippen LogP contribution in [0.2, 0.25) is 0 Å². The Labute approximate surface area is 184 Å². The average Bonchev–Trinajstić information content (AvgIpc) is 3.24. The summed E-state index contributed by atoms with van der Waals surface area (Å²) in [6.07, 6.45) is 1.90. The van der Waals surface area contributed by atoms with Crippen molar-refractivity contribution >= 4 is 23.6 Å². The molecule has 3 aliphatic rings. The van der Waals surface area contributed by atoms with Crippen LogP contribution in [-0.2, 0) is 16.1 Å². The lowest BCUT2D eigenvalue weighted by Crippen LogP contribution is -2.53. The van der Waals surface area contributed by atoms with E-state index in [1.54, 1.807) is 0 Å². The summed E-state index contributed by atoms with van der Waals surface area (Å²) in [7, 11) is 0. The smallest absolute Gasteiger partial charge is 0.239 e. The van der Waals surface area contributed by atoms with Crippen LogP contribution in [0, 0.1) is 6.92 Å². The lowest BCUT2D eigenvalue weighted by atomic mass is 10.1. The zero-order chi connectivity index (χ0) is 20.9. The second-order valence-corrected chi connectivity index (χ2v) is 9.87. The number of hydrogen-bond donors (Lipinski definition) is 0. The summed E-state index contributed by atoms with van der Waals surface area (Å²) >= 11 is 1.92. The fourth-order valence-corrected chi connectivity index (χ4v) is 5.65. The first kappa shape index (κ1) is 21.7. The Balaban J connectivity index is 1.26. The van der Waals surface area contributed by atoms with Crippen LogP contribution in [0.1, 0.15) is 24.0 Å². The summed E-state index contributed by atoms with van der Waals surface area (Å²) in [6, 6.07) is 8.43. The molecule has 30 heavy (non-hydrogen) atoms. The van der Waals surface area contributed by atoms with Gasteiger partial charge in [-0.1, -0.05) is 24.3 Å². The van der Waals surface area contributed by atoms with Gasteiger partial charge in [-0.3, -0.25) is 19.4 Å². The van der Waals surface area contributed by atoms with E-state index in [-0.39, 0.29) is 17.9 Å². The number of likely N-dealkylation sites (tertiary alicyclic amines) is 1. The van der Waals surface area contributed by atoms with Crippen LogP contribution in [0.4, 0.5) is 0 Å². The first-order valence-electron chi connectivity index (χ1n) is 11.3. The summed E-state index contributed by atoms with van der Waals surface area (Å²) in [4.78, 5) is 34.5. The summed E-state index contributed by atoms with van der Waals surface area (Å²) in [6.45, 7) is 9.43. The summed E-state index contributed by atoms with van der Waals surface area (Å²) in [5.74, 6) is 2.48. The number of aryl methyl sites for hydroxylation is 1. The number of nitrogens with zero attached hydrogens (tertiary/aromatic N) is 4. The quantitative estimate of drug-likeness (QED) is 0.711. The normalized spacial score (nSPS) is 23.7. The molecule has 2 amide bonds. The van der Waals surface area contributed by atoms with Crippen LogP contribution in [-0.4, -0.2) is 101 Å². The maximum atomic E-state index is 13.0. The Morgan fingerprint density at radius 3 is 2.43 bits per heavy atom. The predicted molar refractivity (Wildman–Crippen MR) is 122 cm³/mol. The molecule has 3 aliphatic heterocycles. The molecule has 3 heterocycles. The van der Waals surface area contributed by atoms with Crippen molar-refractivity contribution in [3.8, 4) is 0 Å². The molecule has 3 fully saturated rings. The lowest BCUT2D eigenvalue weighted by Gasteiger charge is -2.37. The Kier molecular flexibility index (Phi) is 7.33. The molecule has 0 aliphatic carbocycles. The van der Waals surface area contributed by atoms with E-state index in [1.165, 1.54) is 11.1 Å². The van der Waals surface area contributed by atoms with Gasteiger partial charge < -0.3 is 9.80 Å². The molecule has 0 saturated carbocycles. The minimum atomic E-state index is -0.0978. The Bertz CT molecular complexity index is 744. The van der Waals surface area contributed by atoms with Crippen LogP contribution in [0.25, 0.3) is 0 Å². The number of benzene rings is 1. The third-order valence-corrected chi connectivity index (χ3v) is 7.63. The van der Waals surface area contributed by atoms with Crippen molar-refractivity contribution in [1.82, 2.24) is 19.6 Å². The highest BCUT2D eigenvalue weighted by Crippen LogP contribution is 2.21. The topological polar surface area (TPSA) is 47.1 Å². The van der Waals surface area contributed by atoms with Gasteiger partial charge in [0.15, 0.2) is 0 Å². The SMILES string of the molecule is Cc1ccccc1CN1CCN(C(=O)CN2CCCC2C(=O)N2CCSCC2)CC1. The average molecular weight is 431 g/mol. The first-order valence-corrected chi connectivity index (χ1v) is 12.4. The van der Waals surface area contributed by atoms with Crippen LogP contribution < -0.4 is 0 Å². The van der Waals surface area contributed by atoms with Gasteiger partial charge in [0.05, 0.1) is 12.6 Å². The number of carbonyl (C=O) groups is 2. The summed E-state index contributed by atoms with van der Waals surface area (Å²) < 4.78 is 0. The zero-order valence-electron chi connectivity index (χ0n) is 18.1. The molecule has 1 aromatic rings. The summed E-state index contributed by atoms with van der Waals surface area (Å²) in [5.41, 5.74) is 2.69. The molecule has 0 aromatic heterocycles. The second-order valence-electron chi connectivity index (χ2n) is 8.65. The molecule has 0 bridgehead atoms. The maximum Gasteiger partial charge on any atom is 0.239 e. The van der Waals surface area contributed by atoms with Gasteiger partial charge in [0.25, 0.3) is 0 Å². The summed E-state index contributed by atoms with van der Waals surface area (Å²) in [5, 5.41) is 0. The van der Waals surface area contributed by atoms with Crippen molar-refractivity contribution in [2.24, 2.45) is 0 Å². The standard InChI is InChI=1S/C23H34N4O2S/c1-19-5-2-3-6-20(19)17-24-9-11-25(12-10-24)22(28)18-27-8-4-7-21(27)23(29)26-13-15-30-16-14-26/h2-3,5-6,21H,4,7-18H2,1H3. The highest BCUT2D eigenvalue weighted by molar-refractivity contribution is 7.99. The Morgan fingerprint density at radius 1 is 0.967 bits per heavy atom. The van der Waals surface area contributed by atoms with Gasteiger partial charge in [0, 0.05) is 57.3 Å². The van der Waals surface area contributed by atoms with E-state index < -0.39 is 0 Å². The van der Waals surface area contributed by atoms with Crippen molar-refractivity contribution in [3.05, 3.63) is 35.4 Å². The number of amides is 2. The molecule has 3 saturated heterocycles. The van der Waals surface area contributed by atoms with Gasteiger partial charge in [-0.2, -0.15) is 11.8 Å². The van der Waals surface area contributed by atoms with Crippen LogP contribution in [0.15, 0.2) is 24.3 Å². The van der Waals surface area contributed by atoms with Crippen molar-refractivity contribution < 1.29 is 9.59 Å².